The summed E-state index contributed by atoms with van der Waals surface area (Å²) < 4.78 is 5.13. The minimum atomic E-state index is -0.457. The monoisotopic (exact) mass is 340 g/mol. The second-order valence-electron chi connectivity index (χ2n) is 5.42. The Labute approximate surface area is 146 Å². The molecule has 0 heterocycles. The molecule has 0 saturated carbocycles. The molecule has 0 spiro atoms. The van der Waals surface area contributed by atoms with E-state index < -0.39 is 4.92 Å². The van der Waals surface area contributed by atoms with Gasteiger partial charge in [0.2, 0.25) is 5.91 Å². The number of rotatable bonds is 7. The summed E-state index contributed by atoms with van der Waals surface area (Å²) in [6.45, 7) is 2.00. The van der Waals surface area contributed by atoms with Gasteiger partial charge in [-0.05, 0) is 47.9 Å². The van der Waals surface area contributed by atoms with E-state index in [1.165, 1.54) is 18.2 Å². The molecule has 1 unspecified atom stereocenters. The second kappa shape index (κ2) is 8.63. The van der Waals surface area contributed by atoms with E-state index in [0.717, 1.165) is 23.3 Å². The first-order valence-electron chi connectivity index (χ1n) is 7.90. The quantitative estimate of drug-likeness (QED) is 0.471. The summed E-state index contributed by atoms with van der Waals surface area (Å²) in [6, 6.07) is 13.5. The van der Waals surface area contributed by atoms with Crippen LogP contribution in [-0.2, 0) is 4.79 Å². The lowest BCUT2D eigenvalue weighted by Gasteiger charge is -2.16. The van der Waals surface area contributed by atoms with Crippen molar-refractivity contribution in [1.29, 1.82) is 0 Å². The third kappa shape index (κ3) is 5.17. The lowest BCUT2D eigenvalue weighted by atomic mass is 10.0. The number of hydrogen-bond donors (Lipinski definition) is 1. The van der Waals surface area contributed by atoms with Crippen molar-refractivity contribution in [1.82, 2.24) is 5.32 Å². The smallest absolute Gasteiger partial charge is 0.269 e. The molecule has 2 aromatic rings. The highest BCUT2D eigenvalue weighted by molar-refractivity contribution is 5.92. The highest BCUT2D eigenvalue weighted by Crippen LogP contribution is 2.20. The van der Waals surface area contributed by atoms with E-state index in [0.29, 0.717) is 0 Å². The highest BCUT2D eigenvalue weighted by Gasteiger charge is 2.11. The van der Waals surface area contributed by atoms with Crippen LogP contribution in [0, 0.1) is 10.1 Å². The van der Waals surface area contributed by atoms with E-state index in [1.807, 2.05) is 31.2 Å². The Morgan fingerprint density at radius 1 is 1.20 bits per heavy atom. The molecular weight excluding hydrogens is 320 g/mol. The number of nitro groups is 1. The maximum atomic E-state index is 12.1. The highest BCUT2D eigenvalue weighted by atomic mass is 16.6. The van der Waals surface area contributed by atoms with Gasteiger partial charge in [0.25, 0.3) is 5.69 Å². The average molecular weight is 340 g/mol. The van der Waals surface area contributed by atoms with Crippen molar-refractivity contribution in [3.05, 3.63) is 75.8 Å². The molecule has 2 rings (SSSR count). The molecule has 2 aromatic carbocycles. The lowest BCUT2D eigenvalue weighted by Crippen LogP contribution is -2.26. The van der Waals surface area contributed by atoms with Crippen LogP contribution < -0.4 is 10.1 Å². The van der Waals surface area contributed by atoms with Gasteiger partial charge in [0, 0.05) is 18.2 Å². The van der Waals surface area contributed by atoms with Gasteiger partial charge in [0.15, 0.2) is 0 Å². The van der Waals surface area contributed by atoms with Gasteiger partial charge in [0.05, 0.1) is 18.1 Å². The third-order valence-corrected chi connectivity index (χ3v) is 3.77. The average Bonchev–Trinajstić information content (AvgIpc) is 2.65. The normalized spacial score (nSPS) is 11.9. The van der Waals surface area contributed by atoms with E-state index in [9.17, 15) is 14.9 Å². The predicted molar refractivity (Wildman–Crippen MR) is 96.3 cm³/mol. The van der Waals surface area contributed by atoms with Crippen molar-refractivity contribution in [2.24, 2.45) is 0 Å². The first-order valence-corrected chi connectivity index (χ1v) is 7.90. The van der Waals surface area contributed by atoms with Gasteiger partial charge >= 0.3 is 0 Å². The van der Waals surface area contributed by atoms with Crippen molar-refractivity contribution in [2.75, 3.05) is 7.11 Å². The minimum Gasteiger partial charge on any atom is -0.497 e. The first kappa shape index (κ1) is 18.2. The Hall–Kier alpha value is -3.15. The number of hydrogen-bond acceptors (Lipinski definition) is 4. The summed E-state index contributed by atoms with van der Waals surface area (Å²) in [6.07, 6.45) is 3.80. The Kier molecular flexibility index (Phi) is 6.28. The molecule has 0 aliphatic heterocycles. The van der Waals surface area contributed by atoms with Gasteiger partial charge in [-0.1, -0.05) is 19.1 Å². The molecule has 0 radical (unpaired) electrons. The lowest BCUT2D eigenvalue weighted by molar-refractivity contribution is -0.384. The molecule has 0 aromatic heterocycles. The van der Waals surface area contributed by atoms with E-state index in [4.69, 9.17) is 4.74 Å². The maximum Gasteiger partial charge on any atom is 0.269 e. The number of carbonyl (C=O) groups is 1. The molecule has 130 valence electrons. The molecular formula is C19H20N2O4. The largest absolute Gasteiger partial charge is 0.497 e. The molecule has 6 heteroatoms. The Morgan fingerprint density at radius 3 is 2.36 bits per heavy atom. The number of nitrogens with one attached hydrogen (secondary N) is 1. The second-order valence-corrected chi connectivity index (χ2v) is 5.42. The summed E-state index contributed by atoms with van der Waals surface area (Å²) in [5.41, 5.74) is 1.74. The zero-order valence-electron chi connectivity index (χ0n) is 14.1. The molecule has 1 amide bonds. The van der Waals surface area contributed by atoms with Crippen LogP contribution in [0.2, 0.25) is 0 Å². The van der Waals surface area contributed by atoms with Crippen LogP contribution in [0.5, 0.6) is 5.75 Å². The Bertz CT molecular complexity index is 752. The van der Waals surface area contributed by atoms with Crippen LogP contribution in [0.4, 0.5) is 5.69 Å². The SMILES string of the molecule is CCC(NC(=O)/C=C/c1ccc([N+](=O)[O-])cc1)c1ccc(OC)cc1. The summed E-state index contributed by atoms with van der Waals surface area (Å²) in [5, 5.41) is 13.6. The molecule has 1 N–H and O–H groups in total. The molecule has 0 saturated heterocycles. The van der Waals surface area contributed by atoms with Crippen LogP contribution in [0.3, 0.4) is 0 Å². The zero-order valence-corrected chi connectivity index (χ0v) is 14.1. The van der Waals surface area contributed by atoms with Gasteiger partial charge in [-0.25, -0.2) is 0 Å². The van der Waals surface area contributed by atoms with Crippen molar-refractivity contribution in [3.8, 4) is 5.75 Å². The van der Waals surface area contributed by atoms with E-state index in [2.05, 4.69) is 5.32 Å². The number of carbonyl (C=O) groups excluding carboxylic acids is 1. The third-order valence-electron chi connectivity index (χ3n) is 3.77. The van der Waals surface area contributed by atoms with Crippen molar-refractivity contribution in [3.63, 3.8) is 0 Å². The minimum absolute atomic E-state index is 0.0205. The molecule has 1 atom stereocenters. The van der Waals surface area contributed by atoms with Crippen LogP contribution >= 0.6 is 0 Å². The molecule has 6 nitrogen and oxygen atoms in total. The first-order chi connectivity index (χ1) is 12.0. The van der Waals surface area contributed by atoms with Gasteiger partial charge < -0.3 is 10.1 Å². The summed E-state index contributed by atoms with van der Waals surface area (Å²) in [5.74, 6) is 0.545. The number of nitrogens with zero attached hydrogens (tertiary/aromatic N) is 1. The van der Waals surface area contributed by atoms with Crippen LogP contribution in [0.25, 0.3) is 6.08 Å². The topological polar surface area (TPSA) is 81.5 Å². The van der Waals surface area contributed by atoms with E-state index in [-0.39, 0.29) is 17.6 Å². The molecule has 25 heavy (non-hydrogen) atoms. The van der Waals surface area contributed by atoms with Crippen LogP contribution in [0.1, 0.15) is 30.5 Å². The fourth-order valence-corrected chi connectivity index (χ4v) is 2.36. The van der Waals surface area contributed by atoms with Crippen molar-refractivity contribution in [2.45, 2.75) is 19.4 Å². The number of methoxy groups -OCH3 is 1. The molecule has 0 fully saturated rings. The van der Waals surface area contributed by atoms with E-state index >= 15 is 0 Å². The van der Waals surface area contributed by atoms with Gasteiger partial charge in [-0.15, -0.1) is 0 Å². The fourth-order valence-electron chi connectivity index (χ4n) is 2.36. The standard InChI is InChI=1S/C19H20N2O4/c1-3-18(15-7-11-17(25-2)12-8-15)20-19(22)13-6-14-4-9-16(10-5-14)21(23)24/h4-13,18H,3H2,1-2H3,(H,20,22)/b13-6+. The van der Waals surface area contributed by atoms with Crippen molar-refractivity contribution < 1.29 is 14.5 Å². The van der Waals surface area contributed by atoms with Crippen LogP contribution in [-0.4, -0.2) is 17.9 Å². The maximum absolute atomic E-state index is 12.1. The number of nitro benzene ring substituents is 1. The zero-order chi connectivity index (χ0) is 18.2. The summed E-state index contributed by atoms with van der Waals surface area (Å²) in [4.78, 5) is 22.3. The Morgan fingerprint density at radius 2 is 1.84 bits per heavy atom. The Balaban J connectivity index is 2.00. The number of ether oxygens (including phenoxy) is 1. The van der Waals surface area contributed by atoms with Crippen molar-refractivity contribution >= 4 is 17.7 Å². The summed E-state index contributed by atoms with van der Waals surface area (Å²) >= 11 is 0. The fraction of sp³-hybridized carbons (Fsp3) is 0.211. The number of amides is 1. The number of benzene rings is 2. The predicted octanol–water partition coefficient (Wildman–Crippen LogP) is 3.88. The van der Waals surface area contributed by atoms with Gasteiger partial charge in [0.1, 0.15) is 5.75 Å². The van der Waals surface area contributed by atoms with E-state index in [1.54, 1.807) is 25.3 Å². The summed E-state index contributed by atoms with van der Waals surface area (Å²) in [7, 11) is 1.61. The van der Waals surface area contributed by atoms with Gasteiger partial charge in [-0.3, -0.25) is 14.9 Å². The van der Waals surface area contributed by atoms with Gasteiger partial charge in [-0.2, -0.15) is 0 Å². The molecule has 0 aliphatic rings. The number of non-ortho nitro benzene ring substituents is 1. The molecule has 0 bridgehead atoms. The molecule has 0 aliphatic carbocycles. The van der Waals surface area contributed by atoms with Crippen LogP contribution in [0.15, 0.2) is 54.6 Å².